The molecule has 9 aromatic carbocycles. The van der Waals surface area contributed by atoms with Crippen LogP contribution in [0.3, 0.4) is 0 Å². The topological polar surface area (TPSA) is 352 Å². The highest BCUT2D eigenvalue weighted by Gasteiger charge is 2.34. The number of nitrogens with one attached hydrogen (secondary N) is 3. The second-order valence-electron chi connectivity index (χ2n) is 20.2. The number of nitrogens with zero attached hydrogens (tertiary/aromatic N) is 9. The summed E-state index contributed by atoms with van der Waals surface area (Å²) < 4.78 is 102. The number of methoxy groups -OCH3 is 2. The Morgan fingerprint density at radius 2 is 0.832 bits per heavy atom. The van der Waals surface area contributed by atoms with Crippen molar-refractivity contribution in [2.24, 2.45) is 0 Å². The van der Waals surface area contributed by atoms with Crippen molar-refractivity contribution in [3.8, 4) is 22.3 Å². The van der Waals surface area contributed by atoms with Crippen molar-refractivity contribution in [1.29, 1.82) is 0 Å². The van der Waals surface area contributed by atoms with Gasteiger partial charge in [0.2, 0.25) is 16.6 Å². The quantitative estimate of drug-likeness (QED) is 0.0266. The fourth-order valence-corrected chi connectivity index (χ4v) is 9.56. The number of ketones is 1. The van der Waals surface area contributed by atoms with Crippen LogP contribution in [0.15, 0.2) is 184 Å². The van der Waals surface area contributed by atoms with Gasteiger partial charge in [0.1, 0.15) is 0 Å². The van der Waals surface area contributed by atoms with Crippen molar-refractivity contribution in [2.45, 2.75) is 25.7 Å². The minimum absolute atomic E-state index is 0.0184. The number of fused-ring (bicyclic) bond motifs is 3. The lowest BCUT2D eigenvalue weighted by molar-refractivity contribution is -0.383. The molecular formula is C63H42F6N12O14. The first-order valence-corrected chi connectivity index (χ1v) is 27.4. The third kappa shape index (κ3) is 14.4. The summed E-state index contributed by atoms with van der Waals surface area (Å²) in [6, 6.07) is 41.0. The molecule has 0 radical (unpaired) electrons. The summed E-state index contributed by atoms with van der Waals surface area (Å²) in [4.78, 5) is 68.3. The third-order valence-electron chi connectivity index (χ3n) is 14.2. The molecule has 0 amide bonds. The maximum atomic E-state index is 13.1. The van der Waals surface area contributed by atoms with Crippen LogP contribution < -0.4 is 16.0 Å². The van der Waals surface area contributed by atoms with Crippen LogP contribution in [0.25, 0.3) is 55.4 Å². The molecule has 3 heterocycles. The summed E-state index contributed by atoms with van der Waals surface area (Å²) in [5.41, 5.74) is 4.98. The lowest BCUT2D eigenvalue weighted by atomic mass is 9.98. The first kappa shape index (κ1) is 64.9. The van der Waals surface area contributed by atoms with Crippen molar-refractivity contribution >= 4 is 102 Å². The number of non-ortho nitro benzene ring substituents is 3. The zero-order valence-electron chi connectivity index (χ0n) is 48.9. The van der Waals surface area contributed by atoms with E-state index in [9.17, 15) is 71.1 Å². The van der Waals surface area contributed by atoms with E-state index in [0.29, 0.717) is 50.8 Å². The van der Waals surface area contributed by atoms with E-state index in [4.69, 9.17) is 14.1 Å². The molecule has 0 atom stereocenters. The number of rotatable bonds is 16. The number of nitro benzene ring substituents is 3. The van der Waals surface area contributed by atoms with Crippen molar-refractivity contribution in [3.63, 3.8) is 0 Å². The van der Waals surface area contributed by atoms with Crippen LogP contribution in [0.4, 0.5) is 77.5 Å². The van der Waals surface area contributed by atoms with Crippen LogP contribution in [-0.2, 0) is 28.2 Å². The molecule has 480 valence electrons. The number of carbonyl (C=O) groups excluding carboxylic acids is 3. The number of hydrogen-bond donors (Lipinski definition) is 3. The molecule has 3 aromatic heterocycles. The predicted octanol–water partition coefficient (Wildman–Crippen LogP) is 15.3. The number of nitro groups is 3. The molecule has 0 bridgehead atoms. The molecule has 0 saturated heterocycles. The zero-order valence-corrected chi connectivity index (χ0v) is 48.9. The van der Waals surface area contributed by atoms with Gasteiger partial charge in [-0.05, 0) is 152 Å². The van der Waals surface area contributed by atoms with Crippen LogP contribution in [0.2, 0.25) is 0 Å². The second kappa shape index (κ2) is 27.2. The molecule has 0 aliphatic carbocycles. The van der Waals surface area contributed by atoms with E-state index >= 15 is 0 Å². The molecule has 95 heavy (non-hydrogen) atoms. The van der Waals surface area contributed by atoms with E-state index in [2.05, 4.69) is 56.1 Å². The number of benzene rings is 9. The smallest absolute Gasteiger partial charge is 0.416 e. The highest BCUT2D eigenvalue weighted by Crippen LogP contribution is 2.40. The van der Waals surface area contributed by atoms with Gasteiger partial charge in [0.15, 0.2) is 22.3 Å². The summed E-state index contributed by atoms with van der Waals surface area (Å²) in [5.74, 6) is -1.55. The summed E-state index contributed by atoms with van der Waals surface area (Å²) >= 11 is 0. The number of carbonyl (C=O) groups is 3. The van der Waals surface area contributed by atoms with Gasteiger partial charge in [0.25, 0.3) is 0 Å². The Morgan fingerprint density at radius 1 is 0.453 bits per heavy atom. The van der Waals surface area contributed by atoms with Gasteiger partial charge in [0.05, 0.1) is 68.3 Å². The largest absolute Gasteiger partial charge is 0.465 e. The third-order valence-corrected chi connectivity index (χ3v) is 14.2. The zero-order chi connectivity index (χ0) is 67.9. The predicted molar refractivity (Wildman–Crippen MR) is 327 cm³/mol. The highest BCUT2D eigenvalue weighted by molar-refractivity contribution is 6.01. The molecule has 0 saturated carbocycles. The summed E-state index contributed by atoms with van der Waals surface area (Å²) in [6.45, 7) is 1.99. The van der Waals surface area contributed by atoms with Gasteiger partial charge in [-0.25, -0.2) is 23.5 Å². The Hall–Kier alpha value is -13.0. The molecule has 32 heteroatoms. The lowest BCUT2D eigenvalue weighted by Gasteiger charge is -2.15. The molecule has 26 nitrogen and oxygen atoms in total. The summed E-state index contributed by atoms with van der Waals surface area (Å²) in [5, 5.41) is 64.7. The molecular weight excluding hydrogens is 1260 g/mol. The van der Waals surface area contributed by atoms with Crippen molar-refractivity contribution < 1.29 is 78.9 Å². The number of alkyl halides is 6. The van der Waals surface area contributed by atoms with Gasteiger partial charge in [0, 0.05) is 58.4 Å². The molecule has 12 rings (SSSR count). The number of ether oxygens (including phenoxy) is 2. The van der Waals surface area contributed by atoms with Gasteiger partial charge in [-0.3, -0.25) is 35.1 Å². The van der Waals surface area contributed by atoms with E-state index in [0.717, 1.165) is 34.9 Å². The van der Waals surface area contributed by atoms with Crippen molar-refractivity contribution in [1.82, 2.24) is 30.9 Å². The Morgan fingerprint density at radius 3 is 1.23 bits per heavy atom. The normalized spacial score (nSPS) is 11.2. The molecule has 0 fully saturated rings. The molecule has 3 N–H and O–H groups in total. The lowest BCUT2D eigenvalue weighted by Crippen LogP contribution is -2.12. The van der Waals surface area contributed by atoms with Crippen molar-refractivity contribution in [2.75, 3.05) is 30.2 Å². The average Bonchev–Trinajstić information content (AvgIpc) is 1.80. The fourth-order valence-electron chi connectivity index (χ4n) is 9.56. The van der Waals surface area contributed by atoms with E-state index in [1.807, 2.05) is 31.2 Å². The fraction of sp³-hybridized carbons (Fsp3) is 0.0952. The maximum Gasteiger partial charge on any atom is 0.416 e. The molecule has 0 spiro atoms. The second-order valence-corrected chi connectivity index (χ2v) is 20.2. The Balaban J connectivity index is 0.000000155. The van der Waals surface area contributed by atoms with Gasteiger partial charge in [-0.2, -0.15) is 26.3 Å². The maximum absolute atomic E-state index is 13.1. The van der Waals surface area contributed by atoms with E-state index in [1.54, 1.807) is 30.3 Å². The Bertz CT molecular complexity index is 4930. The van der Waals surface area contributed by atoms with Crippen LogP contribution >= 0.6 is 0 Å². The van der Waals surface area contributed by atoms with Gasteiger partial charge in [-0.1, -0.05) is 60.2 Å². The minimum atomic E-state index is -4.54. The molecule has 0 unspecified atom stereocenters. The number of halogens is 6. The number of Topliss-reactive ketones (excluding diaryl/α,β-unsaturated/α-hetero) is 1. The average molecular weight is 1310 g/mol. The van der Waals surface area contributed by atoms with Crippen LogP contribution in [0.1, 0.15) is 53.3 Å². The molecule has 12 aromatic rings. The summed E-state index contributed by atoms with van der Waals surface area (Å²) in [7, 11) is 2.53. The van der Waals surface area contributed by atoms with Crippen LogP contribution in [0.5, 0.6) is 0 Å². The van der Waals surface area contributed by atoms with Crippen molar-refractivity contribution in [3.05, 3.63) is 239 Å². The molecule has 0 aliphatic rings. The number of aryl methyl sites for hydroxylation is 1. The van der Waals surface area contributed by atoms with E-state index in [1.165, 1.54) is 111 Å². The van der Waals surface area contributed by atoms with Gasteiger partial charge >= 0.3 is 41.4 Å². The Kier molecular flexibility index (Phi) is 18.6. The standard InChI is InChI=1S/C21H13F3N4O5.C21H13F3N4O4.C21H16N4O5/c1-32-20(29)12-4-7-15(14(10-12)11-2-5-13(6-3-11)21(22,23)24)25-16-8-9-17(28(30)31)19-18(16)26-33-27-19;22-21(23,24)15-4-2-1-3-13(15)11-18(29)12-5-7-14(8-6-12)25-16-9-10-17(28(30)31)20-19(16)26-32-27-20;1-12-3-5-13(6-4-12)15-11-14(21(26)29-2)7-8-16(15)22-17-9-10-18(25(27)28)20-19(17)23-30-24-20/h2-10,25H,1H3;1-10,25H,11H2;3-11,22H,1-2H3. The number of anilines is 6. The first-order valence-electron chi connectivity index (χ1n) is 27.4. The number of aromatic nitrogens is 6. The van der Waals surface area contributed by atoms with Gasteiger partial charge < -0.3 is 25.4 Å². The van der Waals surface area contributed by atoms with Crippen LogP contribution in [-0.4, -0.2) is 77.7 Å². The monoisotopic (exact) mass is 1300 g/mol. The van der Waals surface area contributed by atoms with E-state index in [-0.39, 0.29) is 66.9 Å². The number of hydrogen-bond acceptors (Lipinski definition) is 23. The summed E-state index contributed by atoms with van der Waals surface area (Å²) in [6.07, 6.45) is -9.44. The highest BCUT2D eigenvalue weighted by atomic mass is 19.4. The Labute approximate surface area is 527 Å². The number of esters is 2. The van der Waals surface area contributed by atoms with E-state index < -0.39 is 62.4 Å². The minimum Gasteiger partial charge on any atom is -0.465 e. The first-order chi connectivity index (χ1) is 45.4. The molecule has 0 aliphatic heterocycles. The SMILES string of the molecule is COC(=O)c1ccc(Nc2ccc([N+](=O)[O-])c3nonc23)c(-c2ccc(C(F)(F)F)cc2)c1.COC(=O)c1ccc(Nc2ccc([N+](=O)[O-])c3nonc23)c(-c2ccc(C)cc2)c1.O=C(Cc1ccccc1C(F)(F)F)c1ccc(Nc2ccc([N+](=O)[O-])c3nonc23)cc1. The van der Waals surface area contributed by atoms with Crippen LogP contribution in [0, 0.1) is 37.3 Å². The van der Waals surface area contributed by atoms with Gasteiger partial charge in [-0.15, -0.1) is 0 Å².